The first-order valence-electron chi connectivity index (χ1n) is 5.64. The second kappa shape index (κ2) is 7.52. The number of nitrogens with one attached hydrogen (secondary N) is 2. The van der Waals surface area contributed by atoms with E-state index < -0.39 is 12.2 Å². The molecule has 0 bridgehead atoms. The second-order valence-electron chi connectivity index (χ2n) is 3.98. The van der Waals surface area contributed by atoms with Crippen LogP contribution in [0.25, 0.3) is 0 Å². The van der Waals surface area contributed by atoms with Crippen molar-refractivity contribution in [2.45, 2.75) is 44.8 Å². The Morgan fingerprint density at radius 2 is 2.18 bits per heavy atom. The number of carbonyl (C=O) groups excluding carboxylic acids is 2. The van der Waals surface area contributed by atoms with Crippen molar-refractivity contribution >= 4 is 34.9 Å². The zero-order valence-corrected chi connectivity index (χ0v) is 11.9. The van der Waals surface area contributed by atoms with Crippen LogP contribution in [0.5, 0.6) is 0 Å². The van der Waals surface area contributed by atoms with Crippen LogP contribution in [-0.4, -0.2) is 24.1 Å². The van der Waals surface area contributed by atoms with Gasteiger partial charge in [0.25, 0.3) is 0 Å². The minimum atomic E-state index is -0.490. The number of carbonyl (C=O) groups is 2. The van der Waals surface area contributed by atoms with Gasteiger partial charge < -0.3 is 10.1 Å². The molecule has 0 saturated carbocycles. The highest BCUT2D eigenvalue weighted by atomic mass is 127. The van der Waals surface area contributed by atoms with E-state index >= 15 is 0 Å². The highest BCUT2D eigenvalue weighted by molar-refractivity contribution is 14.1. The van der Waals surface area contributed by atoms with E-state index in [-0.39, 0.29) is 11.9 Å². The van der Waals surface area contributed by atoms with Gasteiger partial charge in [-0.05, 0) is 25.3 Å². The summed E-state index contributed by atoms with van der Waals surface area (Å²) < 4.78 is 7.61. The standard InChI is InChI=1S/C11H17IN2O3/c1-8(15)13-9-6-4-2-3-5-7-10(9)17-11(16)14-12/h5,7,9-10H,2-4,6H2,1H3,(H,13,15)(H,14,16)/b7-5+. The van der Waals surface area contributed by atoms with Gasteiger partial charge in [-0.15, -0.1) is 0 Å². The van der Waals surface area contributed by atoms with Gasteiger partial charge in [-0.1, -0.05) is 12.5 Å². The minimum absolute atomic E-state index is 0.104. The van der Waals surface area contributed by atoms with Gasteiger partial charge in [0.1, 0.15) is 6.10 Å². The third-order valence-electron chi connectivity index (χ3n) is 2.57. The Morgan fingerprint density at radius 3 is 2.82 bits per heavy atom. The largest absolute Gasteiger partial charge is 0.439 e. The lowest BCUT2D eigenvalue weighted by Gasteiger charge is -2.26. The third kappa shape index (κ3) is 5.38. The van der Waals surface area contributed by atoms with Crippen molar-refractivity contribution in [2.75, 3.05) is 0 Å². The number of rotatable bonds is 2. The molecule has 1 rings (SSSR count). The number of halogens is 1. The van der Waals surface area contributed by atoms with E-state index in [0.29, 0.717) is 0 Å². The van der Waals surface area contributed by atoms with Gasteiger partial charge in [0, 0.05) is 6.92 Å². The molecule has 2 amide bonds. The lowest BCUT2D eigenvalue weighted by molar-refractivity contribution is -0.120. The van der Waals surface area contributed by atoms with Gasteiger partial charge in [0.05, 0.1) is 28.9 Å². The average Bonchev–Trinajstić information content (AvgIpc) is 2.26. The molecule has 1 aliphatic rings. The van der Waals surface area contributed by atoms with Crippen molar-refractivity contribution in [1.29, 1.82) is 0 Å². The molecule has 2 unspecified atom stereocenters. The second-order valence-corrected chi connectivity index (χ2v) is 4.52. The van der Waals surface area contributed by atoms with Crippen LogP contribution in [0.4, 0.5) is 4.79 Å². The number of hydrogen-bond donors (Lipinski definition) is 2. The molecule has 0 fully saturated rings. The van der Waals surface area contributed by atoms with E-state index in [1.807, 2.05) is 12.2 Å². The van der Waals surface area contributed by atoms with Gasteiger partial charge in [-0.3, -0.25) is 8.32 Å². The zero-order valence-electron chi connectivity index (χ0n) is 9.74. The highest BCUT2D eigenvalue weighted by Gasteiger charge is 2.24. The summed E-state index contributed by atoms with van der Waals surface area (Å²) in [5, 5.41) is 2.83. The molecule has 0 aliphatic heterocycles. The minimum Gasteiger partial charge on any atom is -0.439 e. The van der Waals surface area contributed by atoms with Crippen molar-refractivity contribution in [3.05, 3.63) is 12.2 Å². The Balaban J connectivity index is 2.69. The predicted octanol–water partition coefficient (Wildman–Crippen LogP) is 2.07. The maximum atomic E-state index is 11.2. The van der Waals surface area contributed by atoms with E-state index in [2.05, 4.69) is 8.85 Å². The first-order chi connectivity index (χ1) is 8.13. The van der Waals surface area contributed by atoms with Crippen LogP contribution in [-0.2, 0) is 9.53 Å². The fraction of sp³-hybridized carbons (Fsp3) is 0.636. The maximum absolute atomic E-state index is 11.2. The maximum Gasteiger partial charge on any atom is 0.416 e. The molecule has 96 valence electrons. The molecule has 0 aromatic heterocycles. The van der Waals surface area contributed by atoms with Gasteiger partial charge in [-0.2, -0.15) is 0 Å². The SMILES string of the molecule is CC(=O)NC1CCCC/C=C/C1OC(=O)NI. The summed E-state index contributed by atoms with van der Waals surface area (Å²) in [5.41, 5.74) is 0. The Bertz CT molecular complexity index is 307. The molecule has 2 atom stereocenters. The Kier molecular flexibility index (Phi) is 6.31. The van der Waals surface area contributed by atoms with E-state index in [1.54, 1.807) is 22.9 Å². The summed E-state index contributed by atoms with van der Waals surface area (Å²) in [4.78, 5) is 22.3. The summed E-state index contributed by atoms with van der Waals surface area (Å²) in [6.07, 6.45) is 6.88. The van der Waals surface area contributed by atoms with Crippen molar-refractivity contribution in [2.24, 2.45) is 0 Å². The van der Waals surface area contributed by atoms with Crippen LogP contribution < -0.4 is 8.85 Å². The predicted molar refractivity (Wildman–Crippen MR) is 72.6 cm³/mol. The van der Waals surface area contributed by atoms with Crippen LogP contribution in [0.2, 0.25) is 0 Å². The Morgan fingerprint density at radius 1 is 1.41 bits per heavy atom. The number of hydrogen-bond acceptors (Lipinski definition) is 3. The quantitative estimate of drug-likeness (QED) is 0.454. The van der Waals surface area contributed by atoms with Crippen molar-refractivity contribution < 1.29 is 14.3 Å². The third-order valence-corrected chi connectivity index (χ3v) is 3.01. The van der Waals surface area contributed by atoms with E-state index in [0.717, 1.165) is 25.7 Å². The summed E-state index contributed by atoms with van der Waals surface area (Å²) in [6.45, 7) is 1.47. The number of amides is 2. The first-order valence-corrected chi connectivity index (χ1v) is 6.72. The monoisotopic (exact) mass is 352 g/mol. The van der Waals surface area contributed by atoms with Crippen LogP contribution in [0, 0.1) is 0 Å². The van der Waals surface area contributed by atoms with Crippen LogP contribution in [0.15, 0.2) is 12.2 Å². The molecule has 0 spiro atoms. The van der Waals surface area contributed by atoms with Crippen LogP contribution in [0.3, 0.4) is 0 Å². The zero-order chi connectivity index (χ0) is 12.7. The van der Waals surface area contributed by atoms with Gasteiger partial charge in [0.15, 0.2) is 0 Å². The first kappa shape index (κ1) is 14.3. The van der Waals surface area contributed by atoms with Crippen LogP contribution >= 0.6 is 22.9 Å². The van der Waals surface area contributed by atoms with E-state index in [4.69, 9.17) is 4.74 Å². The molecule has 1 aliphatic carbocycles. The molecule has 0 radical (unpaired) electrons. The van der Waals surface area contributed by atoms with Crippen LogP contribution in [0.1, 0.15) is 32.6 Å². The molecule has 0 aromatic rings. The molecular weight excluding hydrogens is 335 g/mol. The fourth-order valence-electron chi connectivity index (χ4n) is 1.84. The topological polar surface area (TPSA) is 67.4 Å². The van der Waals surface area contributed by atoms with Gasteiger partial charge in [0.2, 0.25) is 5.91 Å². The molecule has 6 heteroatoms. The van der Waals surface area contributed by atoms with Crippen molar-refractivity contribution in [3.8, 4) is 0 Å². The number of allylic oxidation sites excluding steroid dienone is 1. The molecule has 0 aromatic carbocycles. The Labute approximate surface area is 115 Å². The molecule has 0 saturated heterocycles. The average molecular weight is 352 g/mol. The summed E-state index contributed by atoms with van der Waals surface area (Å²) in [7, 11) is 0. The summed E-state index contributed by atoms with van der Waals surface area (Å²) in [6, 6.07) is -0.141. The van der Waals surface area contributed by atoms with E-state index in [1.165, 1.54) is 6.92 Å². The van der Waals surface area contributed by atoms with E-state index in [9.17, 15) is 9.59 Å². The van der Waals surface area contributed by atoms with Gasteiger partial charge >= 0.3 is 6.09 Å². The normalized spacial score (nSPS) is 26.2. The molecule has 5 nitrogen and oxygen atoms in total. The van der Waals surface area contributed by atoms with Gasteiger partial charge in [-0.25, -0.2) is 4.79 Å². The smallest absolute Gasteiger partial charge is 0.416 e. The molecule has 2 N–H and O–H groups in total. The Hall–Kier alpha value is -0.790. The number of ether oxygens (including phenoxy) is 1. The highest BCUT2D eigenvalue weighted by Crippen LogP contribution is 2.15. The lowest BCUT2D eigenvalue weighted by Crippen LogP contribution is -2.44. The summed E-state index contributed by atoms with van der Waals surface area (Å²) in [5.74, 6) is -0.104. The van der Waals surface area contributed by atoms with Crippen molar-refractivity contribution in [1.82, 2.24) is 8.85 Å². The molecular formula is C11H17IN2O3. The molecule has 0 heterocycles. The summed E-state index contributed by atoms with van der Waals surface area (Å²) >= 11 is 1.72. The van der Waals surface area contributed by atoms with Crippen molar-refractivity contribution in [3.63, 3.8) is 0 Å². The lowest BCUT2D eigenvalue weighted by atomic mass is 9.99. The molecule has 17 heavy (non-hydrogen) atoms. The fourth-order valence-corrected chi connectivity index (χ4v) is 1.96.